The second-order valence-corrected chi connectivity index (χ2v) is 14.6. The highest BCUT2D eigenvalue weighted by Gasteiger charge is 2.30. The van der Waals surface area contributed by atoms with Crippen LogP contribution in [0.4, 0.5) is 8.78 Å². The van der Waals surface area contributed by atoms with Gasteiger partial charge in [-0.15, -0.1) is 11.3 Å². The molecule has 4 rings (SSSR count). The second-order valence-electron chi connectivity index (χ2n) is 10.5. The average molecular weight is 745 g/mol. The number of fused-ring (bicyclic) bond motifs is 1. The maximum atomic E-state index is 16.0. The molecule has 0 fully saturated rings. The average Bonchev–Trinajstić information content (AvgIpc) is 3.50. The number of carbonyl (C=O) groups is 2. The third-order valence-electron chi connectivity index (χ3n) is 6.59. The van der Waals surface area contributed by atoms with E-state index in [1.54, 1.807) is 0 Å². The number of rotatable bonds is 14. The number of hydrogen-bond donors (Lipinski definition) is 8. The number of nitrogens with one attached hydrogen (secondary N) is 3. The van der Waals surface area contributed by atoms with Crippen LogP contribution >= 0.6 is 19.4 Å². The number of carbonyl (C=O) groups excluding carboxylic acids is 2. The van der Waals surface area contributed by atoms with Crippen molar-refractivity contribution in [1.29, 1.82) is 0 Å². The lowest BCUT2D eigenvalue weighted by atomic mass is 10.1. The monoisotopic (exact) mass is 744 g/mol. The molecule has 1 heterocycles. The van der Waals surface area contributed by atoms with Gasteiger partial charge in [0, 0.05) is 16.5 Å². The Balaban J connectivity index is 1.61. The van der Waals surface area contributed by atoms with Crippen molar-refractivity contribution in [2.24, 2.45) is 0 Å². The summed E-state index contributed by atoms with van der Waals surface area (Å²) in [7, 11) is -7.38. The van der Waals surface area contributed by atoms with E-state index in [9.17, 15) is 43.0 Å². The lowest BCUT2D eigenvalue weighted by Crippen LogP contribution is -2.37. The first kappa shape index (κ1) is 37.0. The van der Waals surface area contributed by atoms with Crippen molar-refractivity contribution in [3.8, 4) is 34.5 Å². The highest BCUT2D eigenvalue weighted by Crippen LogP contribution is 2.44. The molecule has 3 aromatic carbocycles. The van der Waals surface area contributed by atoms with Crippen molar-refractivity contribution < 1.29 is 66.1 Å². The third kappa shape index (κ3) is 8.81. The van der Waals surface area contributed by atoms with Gasteiger partial charge in [0.1, 0.15) is 17.4 Å². The number of phenols is 4. The van der Waals surface area contributed by atoms with Gasteiger partial charge in [-0.3, -0.25) is 9.59 Å². The zero-order valence-electron chi connectivity index (χ0n) is 25.4. The predicted octanol–water partition coefficient (Wildman–Crippen LogP) is 3.37. The summed E-state index contributed by atoms with van der Waals surface area (Å²) in [6, 6.07) is 5.71. The van der Waals surface area contributed by atoms with Gasteiger partial charge in [-0.1, -0.05) is 0 Å². The van der Waals surface area contributed by atoms with Crippen LogP contribution in [0.25, 0.3) is 10.1 Å². The molecule has 8 N–H and O–H groups in total. The van der Waals surface area contributed by atoms with E-state index in [1.807, 2.05) is 4.72 Å². The summed E-state index contributed by atoms with van der Waals surface area (Å²) in [6.45, 7) is 1.95. The Bertz CT molecular complexity index is 1930. The van der Waals surface area contributed by atoms with Crippen LogP contribution in [0.3, 0.4) is 0 Å². The zero-order chi connectivity index (χ0) is 36.2. The molecule has 262 valence electrons. The smallest absolute Gasteiger partial charge is 0.504 e. The van der Waals surface area contributed by atoms with E-state index in [2.05, 4.69) is 10.6 Å². The minimum Gasteiger partial charge on any atom is -0.504 e. The lowest BCUT2D eigenvalue weighted by molar-refractivity contribution is 0.0912. The third-order valence-corrected chi connectivity index (χ3v) is 10.2. The van der Waals surface area contributed by atoms with Crippen molar-refractivity contribution in [1.82, 2.24) is 15.4 Å². The van der Waals surface area contributed by atoms with E-state index in [4.69, 9.17) is 14.4 Å². The molecule has 0 aliphatic rings. The number of aromatic hydroxyl groups is 4. The molecule has 49 heavy (non-hydrogen) atoms. The first-order valence-corrected chi connectivity index (χ1v) is 17.7. The molecule has 20 heteroatoms. The Hall–Kier alpha value is -4.81. The van der Waals surface area contributed by atoms with Crippen molar-refractivity contribution in [3.05, 3.63) is 65.2 Å². The summed E-state index contributed by atoms with van der Waals surface area (Å²) in [6.07, 6.45) is -0.847. The SMILES string of the molecule is CC(COc1c(OCC(C)NC(=O)c2ccc(O)c(O)c2)c(F)c2sc(S(=O)(=O)NC[P+](=O)O)cc2c1F)NC(=O)c1ccc(O)c(O)c1. The Kier molecular flexibility index (Phi) is 11.5. The van der Waals surface area contributed by atoms with E-state index in [0.29, 0.717) is 11.3 Å². The first-order valence-electron chi connectivity index (χ1n) is 14.0. The molecule has 0 saturated carbocycles. The summed E-state index contributed by atoms with van der Waals surface area (Å²) in [5, 5.41) is 42.8. The van der Waals surface area contributed by atoms with Crippen LogP contribution in [0.5, 0.6) is 34.5 Å². The van der Waals surface area contributed by atoms with Gasteiger partial charge < -0.3 is 40.5 Å². The molecule has 0 radical (unpaired) electrons. The van der Waals surface area contributed by atoms with Crippen LogP contribution in [0, 0.1) is 11.6 Å². The summed E-state index contributed by atoms with van der Waals surface area (Å²) in [5.41, 5.74) is -0.0650. The molecule has 0 saturated heterocycles. The van der Waals surface area contributed by atoms with Gasteiger partial charge in [-0.05, 0) is 60.9 Å². The molecular weight excluding hydrogens is 715 g/mol. The molecule has 1 aromatic heterocycles. The standard InChI is InChI=1S/C29H28F2N3O12PS2/c1-13(33-28(39)15-3-5-18(35)20(37)7-15)10-45-25-23(30)17-9-22(49(43,44)32-12-47(41)42)48-27(17)24(31)26(25)46-11-14(2)34-29(40)16-4-6-19(36)21(38)8-16/h3-9,13-14,32H,10-12H2,1-2H3,(H6-,33,34,35,36,37,38,39,40,41,42)/p+1. The van der Waals surface area contributed by atoms with E-state index in [-0.39, 0.29) is 11.1 Å². The molecule has 0 bridgehead atoms. The van der Waals surface area contributed by atoms with Crippen molar-refractivity contribution in [3.63, 3.8) is 0 Å². The summed E-state index contributed by atoms with van der Waals surface area (Å²) < 4.78 is 80.2. The Morgan fingerprint density at radius 3 is 1.73 bits per heavy atom. The fourth-order valence-electron chi connectivity index (χ4n) is 4.16. The second kappa shape index (κ2) is 15.2. The number of benzene rings is 3. The molecule has 0 aliphatic carbocycles. The topological polar surface area (TPSA) is 241 Å². The van der Waals surface area contributed by atoms with Gasteiger partial charge >= 0.3 is 8.03 Å². The van der Waals surface area contributed by atoms with E-state index in [0.717, 1.165) is 30.3 Å². The summed E-state index contributed by atoms with van der Waals surface area (Å²) in [4.78, 5) is 34.2. The van der Waals surface area contributed by atoms with Crippen LogP contribution < -0.4 is 24.8 Å². The number of amides is 2. The number of hydrogen-bond acceptors (Lipinski definition) is 12. The number of thiophene rings is 1. The summed E-state index contributed by atoms with van der Waals surface area (Å²) >= 11 is 0.310. The Morgan fingerprint density at radius 1 is 0.816 bits per heavy atom. The minimum atomic E-state index is -4.47. The highest BCUT2D eigenvalue weighted by molar-refractivity contribution is 7.92. The largest absolute Gasteiger partial charge is 0.522 e. The molecule has 15 nitrogen and oxygen atoms in total. The normalized spacial score (nSPS) is 13.0. The number of halogens is 2. The number of ether oxygens (including phenoxy) is 2. The van der Waals surface area contributed by atoms with Crippen molar-refractivity contribution in [2.75, 3.05) is 19.5 Å². The molecule has 4 aromatic rings. The van der Waals surface area contributed by atoms with E-state index < -0.39 is 122 Å². The van der Waals surface area contributed by atoms with Gasteiger partial charge in [0.05, 0.1) is 16.8 Å². The molecule has 0 spiro atoms. The van der Waals surface area contributed by atoms with Crippen LogP contribution in [-0.2, 0) is 14.6 Å². The number of phenolic OH excluding ortho intramolecular Hbond substituents is 4. The Labute approximate surface area is 281 Å². The number of sulfonamides is 1. The maximum absolute atomic E-state index is 16.0. The van der Waals surface area contributed by atoms with Gasteiger partial charge in [0.2, 0.25) is 17.8 Å². The quantitative estimate of drug-likeness (QED) is 0.0685. The molecular formula is C29H29F2N3O12PS2+. The molecule has 2 amide bonds. The van der Waals surface area contributed by atoms with Crippen molar-refractivity contribution >= 4 is 51.3 Å². The highest BCUT2D eigenvalue weighted by atomic mass is 32.2. The van der Waals surface area contributed by atoms with E-state index in [1.165, 1.54) is 26.0 Å². The van der Waals surface area contributed by atoms with Crippen LogP contribution in [0.15, 0.2) is 46.7 Å². The van der Waals surface area contributed by atoms with Gasteiger partial charge in [0.15, 0.2) is 34.6 Å². The van der Waals surface area contributed by atoms with Crippen LogP contribution in [-0.4, -0.2) is 77.1 Å². The predicted molar refractivity (Wildman–Crippen MR) is 171 cm³/mol. The van der Waals surface area contributed by atoms with Gasteiger partial charge in [0.25, 0.3) is 21.8 Å². The molecule has 3 atom stereocenters. The fraction of sp³-hybridized carbons (Fsp3) is 0.241. The molecule has 0 aliphatic heterocycles. The lowest BCUT2D eigenvalue weighted by Gasteiger charge is -2.20. The van der Waals surface area contributed by atoms with Gasteiger partial charge in [-0.2, -0.15) is 9.62 Å². The first-order chi connectivity index (χ1) is 23.0. The van der Waals surface area contributed by atoms with Crippen LogP contribution in [0.1, 0.15) is 34.6 Å². The maximum Gasteiger partial charge on any atom is 0.522 e. The zero-order valence-corrected chi connectivity index (χ0v) is 28.0. The Morgan fingerprint density at radius 2 is 1.29 bits per heavy atom. The minimum absolute atomic E-state index is 0.0324. The molecule has 3 unspecified atom stereocenters. The summed E-state index contributed by atoms with van der Waals surface area (Å²) in [5.74, 6) is -7.49. The van der Waals surface area contributed by atoms with E-state index >= 15 is 8.78 Å². The van der Waals surface area contributed by atoms with Gasteiger partial charge in [-0.25, -0.2) is 17.2 Å². The van der Waals surface area contributed by atoms with Crippen LogP contribution in [0.2, 0.25) is 0 Å². The fourth-order valence-corrected chi connectivity index (χ4v) is 7.39. The van der Waals surface area contributed by atoms with Crippen molar-refractivity contribution in [2.45, 2.75) is 30.1 Å².